The van der Waals surface area contributed by atoms with Crippen molar-refractivity contribution in [3.63, 3.8) is 0 Å². The number of rotatable bonds is 3. The van der Waals surface area contributed by atoms with Crippen LogP contribution in [0.1, 0.15) is 21.6 Å². The molecule has 19 heavy (non-hydrogen) atoms. The molecule has 2 rings (SSSR count). The van der Waals surface area contributed by atoms with E-state index in [2.05, 4.69) is 4.98 Å². The molecule has 5 nitrogen and oxygen atoms in total. The van der Waals surface area contributed by atoms with Gasteiger partial charge in [-0.2, -0.15) is 5.26 Å². The summed E-state index contributed by atoms with van der Waals surface area (Å²) in [5.74, 6) is -0.458. The zero-order valence-electron chi connectivity index (χ0n) is 10.1. The smallest absolute Gasteiger partial charge is 0.354 e. The van der Waals surface area contributed by atoms with Crippen molar-refractivity contribution in [2.45, 2.75) is 6.92 Å². The van der Waals surface area contributed by atoms with Crippen molar-refractivity contribution in [3.05, 3.63) is 53.2 Å². The molecule has 0 fully saturated rings. The van der Waals surface area contributed by atoms with E-state index in [1.165, 1.54) is 6.07 Å². The highest BCUT2D eigenvalue weighted by Gasteiger charge is 2.08. The lowest BCUT2D eigenvalue weighted by atomic mass is 10.1. The van der Waals surface area contributed by atoms with E-state index in [-0.39, 0.29) is 11.6 Å². The number of ether oxygens (including phenoxy) is 1. The third-order valence-corrected chi connectivity index (χ3v) is 2.47. The Morgan fingerprint density at radius 2 is 2.16 bits per heavy atom. The van der Waals surface area contributed by atoms with Gasteiger partial charge in [-0.1, -0.05) is 12.1 Å². The SMILES string of the molecule is Cc1ccc(C#N)cc1Oc1cccc(C(=O)O)n1. The van der Waals surface area contributed by atoms with Crippen molar-refractivity contribution in [3.8, 4) is 17.7 Å². The fourth-order valence-electron chi connectivity index (χ4n) is 1.48. The minimum atomic E-state index is -1.12. The van der Waals surface area contributed by atoms with Crippen LogP contribution in [-0.4, -0.2) is 16.1 Å². The number of benzene rings is 1. The third-order valence-electron chi connectivity index (χ3n) is 2.47. The van der Waals surface area contributed by atoms with E-state index in [0.29, 0.717) is 11.3 Å². The van der Waals surface area contributed by atoms with Gasteiger partial charge in [-0.05, 0) is 30.7 Å². The van der Waals surface area contributed by atoms with Gasteiger partial charge in [0.1, 0.15) is 5.75 Å². The van der Waals surface area contributed by atoms with Crippen molar-refractivity contribution in [1.29, 1.82) is 5.26 Å². The second-order valence-electron chi connectivity index (χ2n) is 3.86. The van der Waals surface area contributed by atoms with Gasteiger partial charge in [-0.15, -0.1) is 0 Å². The number of nitrogens with zero attached hydrogens (tertiary/aromatic N) is 2. The molecule has 0 unspecified atom stereocenters. The van der Waals surface area contributed by atoms with Crippen LogP contribution in [-0.2, 0) is 0 Å². The van der Waals surface area contributed by atoms with Crippen LogP contribution in [0.2, 0.25) is 0 Å². The van der Waals surface area contributed by atoms with Gasteiger partial charge in [0.2, 0.25) is 5.88 Å². The summed E-state index contributed by atoms with van der Waals surface area (Å²) in [5, 5.41) is 17.7. The van der Waals surface area contributed by atoms with Gasteiger partial charge in [-0.3, -0.25) is 0 Å². The van der Waals surface area contributed by atoms with E-state index in [1.807, 2.05) is 13.0 Å². The molecule has 0 radical (unpaired) electrons. The van der Waals surface area contributed by atoms with Crippen molar-refractivity contribution in [2.24, 2.45) is 0 Å². The number of nitriles is 1. The predicted octanol–water partition coefficient (Wildman–Crippen LogP) is 2.75. The zero-order chi connectivity index (χ0) is 13.8. The van der Waals surface area contributed by atoms with Crippen LogP contribution in [0.3, 0.4) is 0 Å². The molecule has 0 atom stereocenters. The maximum atomic E-state index is 10.8. The van der Waals surface area contributed by atoms with Gasteiger partial charge in [0.05, 0.1) is 11.6 Å². The number of carboxylic acids is 1. The van der Waals surface area contributed by atoms with E-state index < -0.39 is 5.97 Å². The normalized spacial score (nSPS) is 9.68. The summed E-state index contributed by atoms with van der Waals surface area (Å²) in [5.41, 5.74) is 1.21. The highest BCUT2D eigenvalue weighted by Crippen LogP contribution is 2.24. The van der Waals surface area contributed by atoms with E-state index in [1.54, 1.807) is 30.3 Å². The van der Waals surface area contributed by atoms with Gasteiger partial charge < -0.3 is 9.84 Å². The van der Waals surface area contributed by atoms with E-state index in [9.17, 15) is 4.79 Å². The van der Waals surface area contributed by atoms with Crippen LogP contribution < -0.4 is 4.74 Å². The molecule has 1 aromatic carbocycles. The number of aromatic carboxylic acids is 1. The highest BCUT2D eigenvalue weighted by molar-refractivity contribution is 5.85. The average molecular weight is 254 g/mol. The number of carbonyl (C=O) groups is 1. The molecule has 5 heteroatoms. The van der Waals surface area contributed by atoms with Gasteiger partial charge >= 0.3 is 5.97 Å². The molecule has 1 N–H and O–H groups in total. The summed E-state index contributed by atoms with van der Waals surface area (Å²) >= 11 is 0. The quantitative estimate of drug-likeness (QED) is 0.910. The summed E-state index contributed by atoms with van der Waals surface area (Å²) < 4.78 is 5.52. The van der Waals surface area contributed by atoms with Crippen LogP contribution in [0.15, 0.2) is 36.4 Å². The minimum absolute atomic E-state index is 0.0911. The third kappa shape index (κ3) is 2.87. The summed E-state index contributed by atoms with van der Waals surface area (Å²) in [4.78, 5) is 14.7. The van der Waals surface area contributed by atoms with Crippen LogP contribution in [0.4, 0.5) is 0 Å². The Morgan fingerprint density at radius 3 is 2.84 bits per heavy atom. The molecule has 0 amide bonds. The zero-order valence-corrected chi connectivity index (χ0v) is 10.1. The summed E-state index contributed by atoms with van der Waals surface area (Å²) in [7, 11) is 0. The minimum Gasteiger partial charge on any atom is -0.477 e. The van der Waals surface area contributed by atoms with E-state index in [0.717, 1.165) is 5.56 Å². The Morgan fingerprint density at radius 1 is 1.37 bits per heavy atom. The van der Waals surface area contributed by atoms with E-state index >= 15 is 0 Å². The average Bonchev–Trinajstić information content (AvgIpc) is 2.41. The maximum Gasteiger partial charge on any atom is 0.354 e. The highest BCUT2D eigenvalue weighted by atomic mass is 16.5. The number of aromatic nitrogens is 1. The Bertz CT molecular complexity index is 675. The van der Waals surface area contributed by atoms with Crippen molar-refractivity contribution >= 4 is 5.97 Å². The molecule has 0 aliphatic rings. The molecule has 0 saturated heterocycles. The summed E-state index contributed by atoms with van der Waals surface area (Å²) in [6.07, 6.45) is 0. The Hall–Kier alpha value is -2.87. The van der Waals surface area contributed by atoms with Crippen LogP contribution in [0.25, 0.3) is 0 Å². The lowest BCUT2D eigenvalue weighted by Gasteiger charge is -2.08. The molecule has 0 aliphatic heterocycles. The number of pyridine rings is 1. The number of aryl methyl sites for hydroxylation is 1. The first-order chi connectivity index (χ1) is 9.10. The Labute approximate surface area is 109 Å². The Balaban J connectivity index is 2.33. The summed E-state index contributed by atoms with van der Waals surface area (Å²) in [6.45, 7) is 1.83. The molecule has 94 valence electrons. The molecule has 0 aliphatic carbocycles. The number of hydrogen-bond donors (Lipinski definition) is 1. The molecule has 0 spiro atoms. The standard InChI is InChI=1S/C14H10N2O3/c1-9-5-6-10(8-15)7-12(9)19-13-4-2-3-11(16-13)14(17)18/h2-7H,1H3,(H,17,18). The van der Waals surface area contributed by atoms with Crippen molar-refractivity contribution < 1.29 is 14.6 Å². The first-order valence-electron chi connectivity index (χ1n) is 5.49. The van der Waals surface area contributed by atoms with E-state index in [4.69, 9.17) is 15.1 Å². The van der Waals surface area contributed by atoms with Crippen LogP contribution in [0.5, 0.6) is 11.6 Å². The molecule has 0 bridgehead atoms. The van der Waals surface area contributed by atoms with Crippen molar-refractivity contribution in [2.75, 3.05) is 0 Å². The molecular formula is C14H10N2O3. The molecule has 0 saturated carbocycles. The number of carboxylic acid groups (broad SMARTS) is 1. The fourth-order valence-corrected chi connectivity index (χ4v) is 1.48. The monoisotopic (exact) mass is 254 g/mol. The second-order valence-corrected chi connectivity index (χ2v) is 3.86. The fraction of sp³-hybridized carbons (Fsp3) is 0.0714. The lowest BCUT2D eigenvalue weighted by molar-refractivity contribution is 0.0689. The first-order valence-corrected chi connectivity index (χ1v) is 5.49. The van der Waals surface area contributed by atoms with Gasteiger partial charge in [0, 0.05) is 6.07 Å². The largest absolute Gasteiger partial charge is 0.477 e. The molecule has 1 aromatic heterocycles. The van der Waals surface area contributed by atoms with Gasteiger partial charge in [0.15, 0.2) is 5.69 Å². The molecule has 1 heterocycles. The second kappa shape index (κ2) is 5.19. The first kappa shape index (κ1) is 12.6. The summed E-state index contributed by atoms with van der Waals surface area (Å²) in [6, 6.07) is 11.5. The Kier molecular flexibility index (Phi) is 3.44. The van der Waals surface area contributed by atoms with Crippen LogP contribution in [0, 0.1) is 18.3 Å². The molecular weight excluding hydrogens is 244 g/mol. The van der Waals surface area contributed by atoms with Gasteiger partial charge in [0.25, 0.3) is 0 Å². The molecule has 2 aromatic rings. The van der Waals surface area contributed by atoms with Crippen LogP contribution >= 0.6 is 0 Å². The maximum absolute atomic E-state index is 10.8. The number of hydrogen-bond acceptors (Lipinski definition) is 4. The van der Waals surface area contributed by atoms with Gasteiger partial charge in [-0.25, -0.2) is 9.78 Å². The predicted molar refractivity (Wildman–Crippen MR) is 67.2 cm³/mol. The topological polar surface area (TPSA) is 83.2 Å². The van der Waals surface area contributed by atoms with Crippen molar-refractivity contribution in [1.82, 2.24) is 4.98 Å². The lowest BCUT2D eigenvalue weighted by Crippen LogP contribution is -2.01.